The van der Waals surface area contributed by atoms with E-state index in [-0.39, 0.29) is 0 Å². The highest BCUT2D eigenvalue weighted by atomic mass is 16.5. The summed E-state index contributed by atoms with van der Waals surface area (Å²) in [6, 6.07) is 0.735. The number of nitrogens with one attached hydrogen (secondary N) is 1. The molecule has 0 atom stereocenters. The fourth-order valence-electron chi connectivity index (χ4n) is 1.85. The summed E-state index contributed by atoms with van der Waals surface area (Å²) >= 11 is 0. The third-order valence-electron chi connectivity index (χ3n) is 2.75. The minimum atomic E-state index is 0.534. The summed E-state index contributed by atoms with van der Waals surface area (Å²) in [4.78, 5) is 0. The van der Waals surface area contributed by atoms with Gasteiger partial charge in [-0.3, -0.25) is 0 Å². The second kappa shape index (κ2) is 5.61. The Labute approximate surface area is 82.0 Å². The lowest BCUT2D eigenvalue weighted by Gasteiger charge is -2.28. The molecule has 0 heterocycles. The molecule has 0 aromatic carbocycles. The van der Waals surface area contributed by atoms with Gasteiger partial charge in [-0.15, -0.1) is 0 Å². The van der Waals surface area contributed by atoms with Crippen molar-refractivity contribution in [1.29, 1.82) is 0 Å². The van der Waals surface area contributed by atoms with Gasteiger partial charge >= 0.3 is 0 Å². The molecular weight excluding hydrogens is 162 g/mol. The molecule has 0 spiro atoms. The summed E-state index contributed by atoms with van der Waals surface area (Å²) in [7, 11) is 2.06. The van der Waals surface area contributed by atoms with E-state index in [9.17, 15) is 0 Å². The molecule has 2 nitrogen and oxygen atoms in total. The Balaban J connectivity index is 2.10. The molecule has 0 aromatic heterocycles. The Hall–Kier alpha value is -0.0800. The SMILES string of the molecule is CNC1CCC(OCC(C)C)CC1. The van der Waals surface area contributed by atoms with Crippen LogP contribution in [0.15, 0.2) is 0 Å². The zero-order valence-electron chi connectivity index (χ0n) is 9.18. The molecule has 0 aliphatic heterocycles. The maximum atomic E-state index is 5.81. The molecule has 1 saturated carbocycles. The molecule has 1 rings (SSSR count). The van der Waals surface area contributed by atoms with E-state index >= 15 is 0 Å². The van der Waals surface area contributed by atoms with Crippen LogP contribution in [0, 0.1) is 5.92 Å². The Bertz CT molecular complexity index is 128. The van der Waals surface area contributed by atoms with Crippen LogP contribution in [0.1, 0.15) is 39.5 Å². The Morgan fingerprint density at radius 3 is 2.31 bits per heavy atom. The molecule has 78 valence electrons. The zero-order chi connectivity index (χ0) is 9.68. The predicted octanol–water partition coefficient (Wildman–Crippen LogP) is 2.19. The topological polar surface area (TPSA) is 21.3 Å². The molecule has 0 bridgehead atoms. The van der Waals surface area contributed by atoms with E-state index in [4.69, 9.17) is 4.74 Å². The molecule has 13 heavy (non-hydrogen) atoms. The van der Waals surface area contributed by atoms with E-state index in [1.54, 1.807) is 0 Å². The van der Waals surface area contributed by atoms with Crippen LogP contribution in [-0.4, -0.2) is 25.8 Å². The van der Waals surface area contributed by atoms with Crippen LogP contribution in [0.25, 0.3) is 0 Å². The van der Waals surface area contributed by atoms with Crippen molar-refractivity contribution in [2.24, 2.45) is 5.92 Å². The molecule has 2 heteroatoms. The summed E-state index contributed by atoms with van der Waals surface area (Å²) in [5.41, 5.74) is 0. The van der Waals surface area contributed by atoms with Crippen LogP contribution < -0.4 is 5.32 Å². The maximum absolute atomic E-state index is 5.81. The van der Waals surface area contributed by atoms with Crippen molar-refractivity contribution in [2.45, 2.75) is 51.7 Å². The van der Waals surface area contributed by atoms with E-state index in [1.807, 2.05) is 0 Å². The van der Waals surface area contributed by atoms with Gasteiger partial charge in [-0.2, -0.15) is 0 Å². The van der Waals surface area contributed by atoms with Gasteiger partial charge in [-0.1, -0.05) is 13.8 Å². The van der Waals surface area contributed by atoms with Crippen molar-refractivity contribution in [3.05, 3.63) is 0 Å². The van der Waals surface area contributed by atoms with Gasteiger partial charge < -0.3 is 10.1 Å². The lowest BCUT2D eigenvalue weighted by atomic mass is 9.93. The third kappa shape index (κ3) is 4.10. The molecule has 1 aliphatic rings. The fraction of sp³-hybridized carbons (Fsp3) is 1.00. The normalized spacial score (nSPS) is 29.5. The quantitative estimate of drug-likeness (QED) is 0.725. The average Bonchev–Trinajstić information content (AvgIpc) is 2.15. The van der Waals surface area contributed by atoms with Crippen molar-refractivity contribution in [3.8, 4) is 0 Å². The Morgan fingerprint density at radius 1 is 1.23 bits per heavy atom. The Morgan fingerprint density at radius 2 is 1.85 bits per heavy atom. The van der Waals surface area contributed by atoms with Gasteiger partial charge in [0.05, 0.1) is 6.10 Å². The molecular formula is C11H23NO. The largest absolute Gasteiger partial charge is 0.378 e. The van der Waals surface area contributed by atoms with Crippen LogP contribution in [0.2, 0.25) is 0 Å². The van der Waals surface area contributed by atoms with E-state index in [0.29, 0.717) is 12.0 Å². The fourth-order valence-corrected chi connectivity index (χ4v) is 1.85. The number of rotatable bonds is 4. The lowest BCUT2D eigenvalue weighted by Crippen LogP contribution is -2.33. The highest BCUT2D eigenvalue weighted by Crippen LogP contribution is 2.21. The van der Waals surface area contributed by atoms with Crippen molar-refractivity contribution in [2.75, 3.05) is 13.7 Å². The van der Waals surface area contributed by atoms with Gasteiger partial charge in [0.15, 0.2) is 0 Å². The van der Waals surface area contributed by atoms with Gasteiger partial charge in [0.2, 0.25) is 0 Å². The number of ether oxygens (including phenoxy) is 1. The predicted molar refractivity (Wildman–Crippen MR) is 55.9 cm³/mol. The van der Waals surface area contributed by atoms with Crippen molar-refractivity contribution in [3.63, 3.8) is 0 Å². The van der Waals surface area contributed by atoms with Crippen LogP contribution in [0.4, 0.5) is 0 Å². The molecule has 0 radical (unpaired) electrons. The third-order valence-corrected chi connectivity index (χ3v) is 2.75. The standard InChI is InChI=1S/C11H23NO/c1-9(2)8-13-11-6-4-10(12-3)5-7-11/h9-12H,4-8H2,1-3H3. The van der Waals surface area contributed by atoms with Crippen molar-refractivity contribution >= 4 is 0 Å². The van der Waals surface area contributed by atoms with Crippen LogP contribution in [0.3, 0.4) is 0 Å². The minimum absolute atomic E-state index is 0.534. The summed E-state index contributed by atoms with van der Waals surface area (Å²) in [6.45, 7) is 5.34. The van der Waals surface area contributed by atoms with E-state index in [1.165, 1.54) is 25.7 Å². The molecule has 0 aromatic rings. The van der Waals surface area contributed by atoms with Gasteiger partial charge in [0, 0.05) is 12.6 Å². The highest BCUT2D eigenvalue weighted by Gasteiger charge is 2.20. The second-order valence-electron chi connectivity index (χ2n) is 4.49. The van der Waals surface area contributed by atoms with E-state index < -0.39 is 0 Å². The summed E-state index contributed by atoms with van der Waals surface area (Å²) in [5.74, 6) is 0.669. The average molecular weight is 185 g/mol. The Kier molecular flexibility index (Phi) is 4.74. The van der Waals surface area contributed by atoms with Gasteiger partial charge in [-0.25, -0.2) is 0 Å². The molecule has 0 unspecified atom stereocenters. The van der Waals surface area contributed by atoms with Crippen molar-refractivity contribution in [1.82, 2.24) is 5.32 Å². The monoisotopic (exact) mass is 185 g/mol. The van der Waals surface area contributed by atoms with Crippen LogP contribution in [0.5, 0.6) is 0 Å². The van der Waals surface area contributed by atoms with Gasteiger partial charge in [-0.05, 0) is 38.6 Å². The smallest absolute Gasteiger partial charge is 0.0576 e. The van der Waals surface area contributed by atoms with Crippen LogP contribution >= 0.6 is 0 Å². The number of hydrogen-bond acceptors (Lipinski definition) is 2. The first kappa shape index (κ1) is 11.0. The molecule has 1 fully saturated rings. The summed E-state index contributed by atoms with van der Waals surface area (Å²) in [5, 5.41) is 3.33. The number of hydrogen-bond donors (Lipinski definition) is 1. The second-order valence-corrected chi connectivity index (χ2v) is 4.49. The first-order valence-electron chi connectivity index (χ1n) is 5.51. The van der Waals surface area contributed by atoms with Crippen molar-refractivity contribution < 1.29 is 4.74 Å². The van der Waals surface area contributed by atoms with Gasteiger partial charge in [0.1, 0.15) is 0 Å². The lowest BCUT2D eigenvalue weighted by molar-refractivity contribution is 0.00902. The van der Waals surface area contributed by atoms with Crippen LogP contribution in [-0.2, 0) is 4.74 Å². The van der Waals surface area contributed by atoms with E-state index in [2.05, 4.69) is 26.2 Å². The molecule has 0 amide bonds. The highest BCUT2D eigenvalue weighted by molar-refractivity contribution is 4.76. The first-order valence-corrected chi connectivity index (χ1v) is 5.51. The summed E-state index contributed by atoms with van der Waals surface area (Å²) in [6.07, 6.45) is 5.56. The summed E-state index contributed by atoms with van der Waals surface area (Å²) < 4.78 is 5.81. The molecule has 1 N–H and O–H groups in total. The first-order chi connectivity index (χ1) is 6.22. The molecule has 1 aliphatic carbocycles. The molecule has 0 saturated heterocycles. The zero-order valence-corrected chi connectivity index (χ0v) is 9.18. The van der Waals surface area contributed by atoms with E-state index in [0.717, 1.165) is 12.6 Å². The maximum Gasteiger partial charge on any atom is 0.0576 e. The van der Waals surface area contributed by atoms with Gasteiger partial charge in [0.25, 0.3) is 0 Å². The minimum Gasteiger partial charge on any atom is -0.378 e.